The normalized spacial score (nSPS) is 11.5. The Morgan fingerprint density at radius 1 is 1.08 bits per heavy atom. The molecule has 1 heterocycles. The first-order chi connectivity index (χ1) is 11.9. The molecule has 2 aromatic carbocycles. The number of aryl methyl sites for hydroxylation is 2. The fraction of sp³-hybridized carbons (Fsp3) is 0.211. The van der Waals surface area contributed by atoms with Crippen LogP contribution in [-0.2, 0) is 10.0 Å². The van der Waals surface area contributed by atoms with Crippen LogP contribution < -0.4 is 9.46 Å². The third-order valence-corrected chi connectivity index (χ3v) is 5.45. The SMILES string of the molecule is CCOc1cc(C)c(S(=O)(=O)Nc2cccc3cccnc23)cc1C. The summed E-state index contributed by atoms with van der Waals surface area (Å²) in [4.78, 5) is 4.53. The van der Waals surface area contributed by atoms with Gasteiger partial charge in [-0.15, -0.1) is 0 Å². The molecule has 6 heteroatoms. The van der Waals surface area contributed by atoms with Gasteiger partial charge in [0.05, 0.1) is 22.7 Å². The minimum absolute atomic E-state index is 0.237. The number of aromatic nitrogens is 1. The van der Waals surface area contributed by atoms with Crippen LogP contribution in [0.25, 0.3) is 10.9 Å². The predicted molar refractivity (Wildman–Crippen MR) is 99.6 cm³/mol. The summed E-state index contributed by atoms with van der Waals surface area (Å²) in [6, 6.07) is 12.5. The number of sulfonamides is 1. The number of anilines is 1. The monoisotopic (exact) mass is 356 g/mol. The van der Waals surface area contributed by atoms with Gasteiger partial charge >= 0.3 is 0 Å². The van der Waals surface area contributed by atoms with Gasteiger partial charge in [0.2, 0.25) is 0 Å². The lowest BCUT2D eigenvalue weighted by molar-refractivity contribution is 0.337. The fourth-order valence-corrected chi connectivity index (χ4v) is 4.13. The molecular formula is C19H20N2O3S. The van der Waals surface area contributed by atoms with E-state index in [0.717, 1.165) is 10.9 Å². The summed E-state index contributed by atoms with van der Waals surface area (Å²) in [5, 5.41) is 0.877. The Morgan fingerprint density at radius 2 is 1.84 bits per heavy atom. The number of pyridine rings is 1. The topological polar surface area (TPSA) is 68.3 Å². The van der Waals surface area contributed by atoms with Crippen molar-refractivity contribution < 1.29 is 13.2 Å². The van der Waals surface area contributed by atoms with E-state index < -0.39 is 10.0 Å². The van der Waals surface area contributed by atoms with Crippen LogP contribution in [-0.4, -0.2) is 20.0 Å². The molecule has 25 heavy (non-hydrogen) atoms. The van der Waals surface area contributed by atoms with Crippen molar-refractivity contribution in [2.75, 3.05) is 11.3 Å². The van der Waals surface area contributed by atoms with E-state index in [1.165, 1.54) is 0 Å². The van der Waals surface area contributed by atoms with E-state index in [1.54, 1.807) is 37.4 Å². The van der Waals surface area contributed by atoms with Gasteiger partial charge < -0.3 is 4.74 Å². The average molecular weight is 356 g/mol. The fourth-order valence-electron chi connectivity index (χ4n) is 2.75. The molecule has 0 aliphatic rings. The lowest BCUT2D eigenvalue weighted by Gasteiger charge is -2.15. The number of rotatable bonds is 5. The van der Waals surface area contributed by atoms with Crippen molar-refractivity contribution in [3.8, 4) is 5.75 Å². The van der Waals surface area contributed by atoms with Gasteiger partial charge in [-0.3, -0.25) is 9.71 Å². The van der Waals surface area contributed by atoms with Crippen LogP contribution in [0.2, 0.25) is 0 Å². The van der Waals surface area contributed by atoms with Crippen molar-refractivity contribution in [3.63, 3.8) is 0 Å². The Labute approximate surface area is 147 Å². The number of nitrogens with zero attached hydrogens (tertiary/aromatic N) is 1. The Bertz CT molecular complexity index is 1020. The number of nitrogens with one attached hydrogen (secondary N) is 1. The van der Waals surface area contributed by atoms with Gasteiger partial charge in [0, 0.05) is 11.6 Å². The first kappa shape index (κ1) is 17.2. The Morgan fingerprint density at radius 3 is 2.60 bits per heavy atom. The highest BCUT2D eigenvalue weighted by atomic mass is 32.2. The van der Waals surface area contributed by atoms with Crippen molar-refractivity contribution in [3.05, 3.63) is 59.8 Å². The van der Waals surface area contributed by atoms with E-state index in [-0.39, 0.29) is 4.90 Å². The zero-order valence-electron chi connectivity index (χ0n) is 14.4. The first-order valence-corrected chi connectivity index (χ1v) is 9.51. The van der Waals surface area contributed by atoms with Gasteiger partial charge in [0.25, 0.3) is 10.0 Å². The molecule has 0 saturated carbocycles. The maximum absolute atomic E-state index is 12.9. The standard InChI is InChI=1S/C19H20N2O3S/c1-4-24-17-11-14(3)18(12-13(17)2)25(22,23)21-16-9-5-7-15-8-6-10-20-19(15)16/h5-12,21H,4H2,1-3H3. The molecule has 5 nitrogen and oxygen atoms in total. The van der Waals surface area contributed by atoms with Crippen molar-refractivity contribution in [1.29, 1.82) is 0 Å². The largest absolute Gasteiger partial charge is 0.494 e. The number of fused-ring (bicyclic) bond motifs is 1. The third-order valence-electron chi connectivity index (χ3n) is 3.94. The second-order valence-electron chi connectivity index (χ2n) is 5.80. The van der Waals surface area contributed by atoms with Crippen LogP contribution >= 0.6 is 0 Å². The molecule has 130 valence electrons. The van der Waals surface area contributed by atoms with Crippen molar-refractivity contribution in [2.24, 2.45) is 0 Å². The highest BCUT2D eigenvalue weighted by Crippen LogP contribution is 2.29. The maximum Gasteiger partial charge on any atom is 0.262 e. The average Bonchev–Trinajstić information content (AvgIpc) is 2.58. The van der Waals surface area contributed by atoms with Crippen molar-refractivity contribution in [2.45, 2.75) is 25.7 Å². The molecule has 0 fully saturated rings. The number of hydrogen-bond donors (Lipinski definition) is 1. The predicted octanol–water partition coefficient (Wildman–Crippen LogP) is 4.05. The van der Waals surface area contributed by atoms with Gasteiger partial charge in [-0.05, 0) is 56.2 Å². The molecule has 1 N–H and O–H groups in total. The molecule has 3 rings (SSSR count). The summed E-state index contributed by atoms with van der Waals surface area (Å²) in [6.07, 6.45) is 1.65. The van der Waals surface area contributed by atoms with Crippen LogP contribution in [0.5, 0.6) is 5.75 Å². The van der Waals surface area contributed by atoms with E-state index in [2.05, 4.69) is 9.71 Å². The number of benzene rings is 2. The molecule has 0 bridgehead atoms. The summed E-state index contributed by atoms with van der Waals surface area (Å²) in [5.74, 6) is 0.700. The van der Waals surface area contributed by atoms with Gasteiger partial charge in [0.1, 0.15) is 5.75 Å². The second kappa shape index (κ2) is 6.72. The van der Waals surface area contributed by atoms with E-state index in [9.17, 15) is 8.42 Å². The van der Waals surface area contributed by atoms with Gasteiger partial charge in [-0.2, -0.15) is 0 Å². The van der Waals surface area contributed by atoms with E-state index in [4.69, 9.17) is 4.74 Å². The lowest BCUT2D eigenvalue weighted by atomic mass is 10.1. The van der Waals surface area contributed by atoms with Crippen LogP contribution in [0.1, 0.15) is 18.1 Å². The van der Waals surface area contributed by atoms with Crippen LogP contribution in [0.4, 0.5) is 5.69 Å². The molecular weight excluding hydrogens is 336 g/mol. The third kappa shape index (κ3) is 3.44. The smallest absolute Gasteiger partial charge is 0.262 e. The summed E-state index contributed by atoms with van der Waals surface area (Å²) >= 11 is 0. The highest BCUT2D eigenvalue weighted by Gasteiger charge is 2.20. The summed E-state index contributed by atoms with van der Waals surface area (Å²) in [7, 11) is -3.74. The van der Waals surface area contributed by atoms with E-state index >= 15 is 0 Å². The van der Waals surface area contributed by atoms with Gasteiger partial charge in [-0.1, -0.05) is 18.2 Å². The maximum atomic E-state index is 12.9. The summed E-state index contributed by atoms with van der Waals surface area (Å²) in [5.41, 5.74) is 2.50. The molecule has 0 amide bonds. The number of ether oxygens (including phenoxy) is 1. The molecule has 0 spiro atoms. The Kier molecular flexibility index (Phi) is 4.63. The summed E-state index contributed by atoms with van der Waals surface area (Å²) in [6.45, 7) is 6.03. The lowest BCUT2D eigenvalue weighted by Crippen LogP contribution is -2.15. The van der Waals surface area contributed by atoms with Crippen LogP contribution in [0, 0.1) is 13.8 Å². The second-order valence-corrected chi connectivity index (χ2v) is 7.45. The molecule has 1 aromatic heterocycles. The van der Waals surface area contributed by atoms with Gasteiger partial charge in [0.15, 0.2) is 0 Å². The molecule has 0 saturated heterocycles. The minimum atomic E-state index is -3.74. The Balaban J connectivity index is 2.04. The van der Waals surface area contributed by atoms with E-state index in [0.29, 0.717) is 29.1 Å². The van der Waals surface area contributed by atoms with Crippen molar-refractivity contribution in [1.82, 2.24) is 4.98 Å². The molecule has 0 unspecified atom stereocenters. The first-order valence-electron chi connectivity index (χ1n) is 8.03. The van der Waals surface area contributed by atoms with Gasteiger partial charge in [-0.25, -0.2) is 8.42 Å². The minimum Gasteiger partial charge on any atom is -0.494 e. The quantitative estimate of drug-likeness (QED) is 0.749. The Hall–Kier alpha value is -2.60. The van der Waals surface area contributed by atoms with Crippen molar-refractivity contribution >= 4 is 26.6 Å². The van der Waals surface area contributed by atoms with Crippen LogP contribution in [0.3, 0.4) is 0 Å². The molecule has 0 radical (unpaired) electrons. The molecule has 0 atom stereocenters. The molecule has 0 aliphatic carbocycles. The highest BCUT2D eigenvalue weighted by molar-refractivity contribution is 7.92. The van der Waals surface area contributed by atoms with Crippen LogP contribution in [0.15, 0.2) is 53.6 Å². The zero-order valence-corrected chi connectivity index (χ0v) is 15.2. The molecule has 3 aromatic rings. The number of hydrogen-bond acceptors (Lipinski definition) is 4. The zero-order chi connectivity index (χ0) is 18.0. The van der Waals surface area contributed by atoms with E-state index in [1.807, 2.05) is 32.0 Å². The molecule has 0 aliphatic heterocycles. The summed E-state index contributed by atoms with van der Waals surface area (Å²) < 4.78 is 34.0. The number of para-hydroxylation sites is 1.